The average Bonchev–Trinajstić information content (AvgIpc) is 3.31. The number of likely N-dealkylation sites (tertiary alicyclic amines) is 1. The smallest absolute Gasteiger partial charge is 0.326 e. The fourth-order valence-corrected chi connectivity index (χ4v) is 3.90. The van der Waals surface area contributed by atoms with Gasteiger partial charge in [-0.1, -0.05) is 12.1 Å². The lowest BCUT2D eigenvalue weighted by atomic mass is 10.0. The van der Waals surface area contributed by atoms with Gasteiger partial charge in [0.15, 0.2) is 5.96 Å². The van der Waals surface area contributed by atoms with E-state index in [-0.39, 0.29) is 37.6 Å². The SMILES string of the molecule is CC(N)C(=O)NC(Cc1ccc(O)cc1)C(=O)NC(CCCN=C(N)N)C(=O)N1CCCC1C(=O)O. The van der Waals surface area contributed by atoms with E-state index in [0.717, 1.165) is 0 Å². The van der Waals surface area contributed by atoms with Crippen molar-refractivity contribution in [2.75, 3.05) is 13.1 Å². The molecule has 10 N–H and O–H groups in total. The third-order valence-electron chi connectivity index (χ3n) is 5.80. The molecule has 4 unspecified atom stereocenters. The molecule has 0 aliphatic carbocycles. The number of hydrogen-bond acceptors (Lipinski definition) is 7. The van der Waals surface area contributed by atoms with Crippen LogP contribution in [-0.4, -0.2) is 82.0 Å². The van der Waals surface area contributed by atoms with Gasteiger partial charge in [0, 0.05) is 19.5 Å². The number of benzene rings is 1. The minimum atomic E-state index is -1.11. The molecule has 1 aliphatic heterocycles. The molecule has 1 aromatic rings. The highest BCUT2D eigenvalue weighted by Gasteiger charge is 2.38. The van der Waals surface area contributed by atoms with Gasteiger partial charge in [-0.05, 0) is 50.3 Å². The van der Waals surface area contributed by atoms with Gasteiger partial charge in [0.2, 0.25) is 17.7 Å². The van der Waals surface area contributed by atoms with E-state index in [4.69, 9.17) is 17.2 Å². The third-order valence-corrected chi connectivity index (χ3v) is 5.80. The van der Waals surface area contributed by atoms with Gasteiger partial charge in [-0.15, -0.1) is 0 Å². The summed E-state index contributed by atoms with van der Waals surface area (Å²) in [5.41, 5.74) is 17.0. The molecular formula is C23H35N7O6. The van der Waals surface area contributed by atoms with E-state index in [1.54, 1.807) is 12.1 Å². The Kier molecular flexibility index (Phi) is 10.5. The summed E-state index contributed by atoms with van der Waals surface area (Å²) in [5.74, 6) is -2.90. The van der Waals surface area contributed by atoms with Gasteiger partial charge in [-0.2, -0.15) is 0 Å². The number of phenolic OH excluding ortho intramolecular Hbond substituents is 1. The number of nitrogens with one attached hydrogen (secondary N) is 2. The number of phenols is 1. The van der Waals surface area contributed by atoms with Crippen LogP contribution in [0.5, 0.6) is 5.75 Å². The summed E-state index contributed by atoms with van der Waals surface area (Å²) in [5, 5.41) is 24.3. The summed E-state index contributed by atoms with van der Waals surface area (Å²) < 4.78 is 0. The number of carbonyl (C=O) groups excluding carboxylic acids is 3. The van der Waals surface area contributed by atoms with Gasteiger partial charge in [-0.3, -0.25) is 19.4 Å². The van der Waals surface area contributed by atoms with Crippen LogP contribution in [0.1, 0.15) is 38.2 Å². The number of carboxylic acids is 1. The van der Waals surface area contributed by atoms with E-state index < -0.39 is 47.9 Å². The highest BCUT2D eigenvalue weighted by molar-refractivity contribution is 5.94. The number of aromatic hydroxyl groups is 1. The molecule has 1 fully saturated rings. The van der Waals surface area contributed by atoms with Crippen molar-refractivity contribution in [1.29, 1.82) is 0 Å². The number of aliphatic imine (C=N–C) groups is 1. The van der Waals surface area contributed by atoms with Crippen LogP contribution in [0.15, 0.2) is 29.3 Å². The molecule has 1 aliphatic rings. The van der Waals surface area contributed by atoms with Crippen molar-refractivity contribution in [1.82, 2.24) is 15.5 Å². The van der Waals surface area contributed by atoms with E-state index in [1.165, 1.54) is 24.0 Å². The van der Waals surface area contributed by atoms with Crippen LogP contribution >= 0.6 is 0 Å². The van der Waals surface area contributed by atoms with Gasteiger partial charge in [0.25, 0.3) is 0 Å². The summed E-state index contributed by atoms with van der Waals surface area (Å²) in [6, 6.07) is 2.13. The molecule has 13 nitrogen and oxygen atoms in total. The second-order valence-corrected chi connectivity index (χ2v) is 8.76. The summed E-state index contributed by atoms with van der Waals surface area (Å²) in [6.45, 7) is 1.94. The van der Waals surface area contributed by atoms with Gasteiger partial charge in [-0.25, -0.2) is 4.79 Å². The van der Waals surface area contributed by atoms with E-state index in [9.17, 15) is 29.4 Å². The topological polar surface area (TPSA) is 226 Å². The number of guanidine groups is 1. The van der Waals surface area contributed by atoms with Crippen LogP contribution in [0.4, 0.5) is 0 Å². The number of carboxylic acid groups (broad SMARTS) is 1. The zero-order valence-electron chi connectivity index (χ0n) is 20.2. The Hall–Kier alpha value is -3.87. The molecular weight excluding hydrogens is 470 g/mol. The lowest BCUT2D eigenvalue weighted by Crippen LogP contribution is -2.57. The predicted octanol–water partition coefficient (Wildman–Crippen LogP) is -1.62. The first kappa shape index (κ1) is 28.4. The van der Waals surface area contributed by atoms with Gasteiger partial charge in [0.05, 0.1) is 6.04 Å². The van der Waals surface area contributed by atoms with Gasteiger partial charge < -0.3 is 42.9 Å². The molecule has 4 atom stereocenters. The quantitative estimate of drug-likeness (QED) is 0.0982. The van der Waals surface area contributed by atoms with Crippen molar-refractivity contribution >= 4 is 29.7 Å². The molecule has 0 spiro atoms. The molecule has 0 aromatic heterocycles. The molecule has 13 heteroatoms. The highest BCUT2D eigenvalue weighted by Crippen LogP contribution is 2.20. The molecule has 0 bridgehead atoms. The molecule has 1 saturated heterocycles. The monoisotopic (exact) mass is 505 g/mol. The van der Waals surface area contributed by atoms with E-state index in [0.29, 0.717) is 24.8 Å². The van der Waals surface area contributed by atoms with Crippen molar-refractivity contribution < 1.29 is 29.4 Å². The number of nitrogens with two attached hydrogens (primary N) is 3. The second kappa shape index (κ2) is 13.3. The predicted molar refractivity (Wildman–Crippen MR) is 132 cm³/mol. The minimum Gasteiger partial charge on any atom is -0.508 e. The average molecular weight is 506 g/mol. The number of nitrogens with zero attached hydrogens (tertiary/aromatic N) is 2. The summed E-state index contributed by atoms with van der Waals surface area (Å²) in [7, 11) is 0. The Labute approximate surface area is 209 Å². The first-order chi connectivity index (χ1) is 17.0. The highest BCUT2D eigenvalue weighted by atomic mass is 16.4. The summed E-state index contributed by atoms with van der Waals surface area (Å²) in [6.07, 6.45) is 1.42. The maximum Gasteiger partial charge on any atom is 0.326 e. The van der Waals surface area contributed by atoms with Gasteiger partial charge in [0.1, 0.15) is 23.9 Å². The van der Waals surface area contributed by atoms with Crippen LogP contribution in [0, 0.1) is 0 Å². The fourth-order valence-electron chi connectivity index (χ4n) is 3.90. The van der Waals surface area contributed by atoms with Crippen molar-refractivity contribution in [2.24, 2.45) is 22.2 Å². The number of rotatable bonds is 12. The second-order valence-electron chi connectivity index (χ2n) is 8.76. The Morgan fingerprint density at radius 3 is 2.33 bits per heavy atom. The van der Waals surface area contributed by atoms with Crippen LogP contribution in [0.3, 0.4) is 0 Å². The molecule has 198 valence electrons. The van der Waals surface area contributed by atoms with Crippen LogP contribution in [0.25, 0.3) is 0 Å². The fraction of sp³-hybridized carbons (Fsp3) is 0.522. The van der Waals surface area contributed by atoms with Crippen LogP contribution in [0.2, 0.25) is 0 Å². The van der Waals surface area contributed by atoms with Crippen molar-refractivity contribution in [3.8, 4) is 5.75 Å². The Balaban J connectivity index is 2.24. The minimum absolute atomic E-state index is 0.0457. The Morgan fingerprint density at radius 1 is 1.11 bits per heavy atom. The maximum atomic E-state index is 13.3. The molecule has 3 amide bonds. The summed E-state index contributed by atoms with van der Waals surface area (Å²) in [4.78, 5) is 55.6. The third kappa shape index (κ3) is 8.41. The molecule has 1 aromatic carbocycles. The standard InChI is InChI=1S/C23H35N7O6/c1-13(24)19(32)29-17(12-14-6-8-15(31)9-7-14)20(33)28-16(4-2-10-27-23(25)26)21(34)30-11-3-5-18(30)22(35)36/h6-9,13,16-18,31H,2-5,10-12,24H2,1H3,(H,28,33)(H,29,32)(H,35,36)(H4,25,26,27). The first-order valence-electron chi connectivity index (χ1n) is 11.7. The molecule has 2 rings (SSSR count). The van der Waals surface area contributed by atoms with Crippen molar-refractivity contribution in [3.63, 3.8) is 0 Å². The normalized spacial score (nSPS) is 17.5. The number of carbonyl (C=O) groups is 4. The van der Waals surface area contributed by atoms with E-state index >= 15 is 0 Å². The Morgan fingerprint density at radius 2 is 1.75 bits per heavy atom. The zero-order chi connectivity index (χ0) is 26.8. The van der Waals surface area contributed by atoms with Gasteiger partial charge >= 0.3 is 5.97 Å². The van der Waals surface area contributed by atoms with E-state index in [2.05, 4.69) is 15.6 Å². The lowest BCUT2D eigenvalue weighted by molar-refractivity contribution is -0.149. The number of amides is 3. The number of hydrogen-bond donors (Lipinski definition) is 7. The molecule has 36 heavy (non-hydrogen) atoms. The zero-order valence-corrected chi connectivity index (χ0v) is 20.2. The number of aliphatic carboxylic acids is 1. The van der Waals surface area contributed by atoms with E-state index in [1.807, 2.05) is 0 Å². The maximum absolute atomic E-state index is 13.3. The van der Waals surface area contributed by atoms with Crippen molar-refractivity contribution in [2.45, 2.75) is 63.2 Å². The van der Waals surface area contributed by atoms with Crippen LogP contribution < -0.4 is 27.8 Å². The van der Waals surface area contributed by atoms with Crippen molar-refractivity contribution in [3.05, 3.63) is 29.8 Å². The molecule has 0 saturated carbocycles. The summed E-state index contributed by atoms with van der Waals surface area (Å²) >= 11 is 0. The van der Waals surface area contributed by atoms with Crippen LogP contribution in [-0.2, 0) is 25.6 Å². The molecule has 1 heterocycles. The Bertz CT molecular complexity index is 962. The molecule has 0 radical (unpaired) electrons. The first-order valence-corrected chi connectivity index (χ1v) is 11.7. The lowest BCUT2D eigenvalue weighted by Gasteiger charge is -2.29. The largest absolute Gasteiger partial charge is 0.508 e.